The topological polar surface area (TPSA) is 33.2 Å². The number of alkyl halides is 1. The first-order chi connectivity index (χ1) is 7.31. The van der Waals surface area contributed by atoms with Gasteiger partial charge in [0.1, 0.15) is 5.69 Å². The number of hydrogen-bond donors (Lipinski definition) is 0. The van der Waals surface area contributed by atoms with Gasteiger partial charge in [-0.2, -0.15) is 0 Å². The van der Waals surface area contributed by atoms with E-state index in [1.54, 1.807) is 10.9 Å². The number of carbonyl (C=O) groups is 1. The van der Waals surface area contributed by atoms with Crippen molar-refractivity contribution in [2.75, 3.05) is 19.0 Å². The summed E-state index contributed by atoms with van der Waals surface area (Å²) in [4.78, 5) is 17.8. The van der Waals surface area contributed by atoms with Crippen LogP contribution in [0, 0.1) is 5.92 Å². The van der Waals surface area contributed by atoms with E-state index in [1.165, 1.54) is 11.3 Å². The van der Waals surface area contributed by atoms with Crippen LogP contribution in [0.2, 0.25) is 0 Å². The third kappa shape index (κ3) is 2.49. The van der Waals surface area contributed by atoms with Crippen LogP contribution in [-0.2, 0) is 0 Å². The summed E-state index contributed by atoms with van der Waals surface area (Å²) >= 11 is 7.15. The summed E-state index contributed by atoms with van der Waals surface area (Å²) in [6, 6.07) is 0. The predicted octanol–water partition coefficient (Wildman–Crippen LogP) is 2.23. The van der Waals surface area contributed by atoms with Crippen LogP contribution in [0.4, 0.5) is 0 Å². The lowest BCUT2D eigenvalue weighted by Crippen LogP contribution is -2.28. The van der Waals surface area contributed by atoms with Gasteiger partial charge >= 0.3 is 0 Å². The molecule has 15 heavy (non-hydrogen) atoms. The lowest BCUT2D eigenvalue weighted by atomic mass is 10.1. The number of carbonyl (C=O) groups excluding carboxylic acids is 1. The molecule has 1 unspecified atom stereocenters. The van der Waals surface area contributed by atoms with Crippen molar-refractivity contribution in [1.29, 1.82) is 0 Å². The fourth-order valence-electron chi connectivity index (χ4n) is 1.89. The zero-order chi connectivity index (χ0) is 10.7. The minimum atomic E-state index is 0.0633. The minimum Gasteiger partial charge on any atom is -0.337 e. The summed E-state index contributed by atoms with van der Waals surface area (Å²) in [7, 11) is 0. The van der Waals surface area contributed by atoms with E-state index in [9.17, 15) is 4.79 Å². The van der Waals surface area contributed by atoms with Gasteiger partial charge in [0.2, 0.25) is 0 Å². The van der Waals surface area contributed by atoms with Crippen LogP contribution in [0.3, 0.4) is 0 Å². The van der Waals surface area contributed by atoms with E-state index >= 15 is 0 Å². The number of halogens is 1. The second kappa shape index (κ2) is 4.94. The molecule has 1 aromatic heterocycles. The highest BCUT2D eigenvalue weighted by atomic mass is 35.5. The highest BCUT2D eigenvalue weighted by Crippen LogP contribution is 2.21. The molecular weight excluding hydrogens is 232 g/mol. The summed E-state index contributed by atoms with van der Waals surface area (Å²) in [5.41, 5.74) is 2.27. The van der Waals surface area contributed by atoms with Crippen molar-refractivity contribution in [3.63, 3.8) is 0 Å². The second-order valence-electron chi connectivity index (χ2n) is 3.76. The first-order valence-corrected chi connectivity index (χ1v) is 6.52. The van der Waals surface area contributed by atoms with Crippen LogP contribution < -0.4 is 0 Å². The highest BCUT2D eigenvalue weighted by molar-refractivity contribution is 7.07. The van der Waals surface area contributed by atoms with E-state index in [4.69, 9.17) is 11.6 Å². The number of likely N-dealkylation sites (tertiary alicyclic amines) is 1. The average molecular weight is 245 g/mol. The molecule has 0 aromatic carbocycles. The van der Waals surface area contributed by atoms with Crippen LogP contribution in [-0.4, -0.2) is 34.8 Å². The van der Waals surface area contributed by atoms with Crippen molar-refractivity contribution in [3.8, 4) is 0 Å². The number of hydrogen-bond acceptors (Lipinski definition) is 3. The van der Waals surface area contributed by atoms with Crippen molar-refractivity contribution < 1.29 is 4.79 Å². The van der Waals surface area contributed by atoms with Gasteiger partial charge in [0.15, 0.2) is 0 Å². The molecule has 82 valence electrons. The smallest absolute Gasteiger partial charge is 0.273 e. The molecule has 1 saturated heterocycles. The first-order valence-electron chi connectivity index (χ1n) is 5.04. The molecule has 1 fully saturated rings. The molecule has 3 nitrogen and oxygen atoms in total. The molecule has 1 aliphatic rings. The normalized spacial score (nSPS) is 20.9. The Morgan fingerprint density at radius 2 is 2.60 bits per heavy atom. The lowest BCUT2D eigenvalue weighted by molar-refractivity contribution is 0.0782. The third-order valence-electron chi connectivity index (χ3n) is 2.74. The number of thiazole rings is 1. The Morgan fingerprint density at radius 1 is 1.73 bits per heavy atom. The van der Waals surface area contributed by atoms with Crippen molar-refractivity contribution in [2.45, 2.75) is 12.8 Å². The van der Waals surface area contributed by atoms with Crippen LogP contribution >= 0.6 is 22.9 Å². The van der Waals surface area contributed by atoms with Gasteiger partial charge in [0.05, 0.1) is 5.51 Å². The summed E-state index contributed by atoms with van der Waals surface area (Å²) in [5, 5.41) is 1.80. The molecule has 1 atom stereocenters. The summed E-state index contributed by atoms with van der Waals surface area (Å²) in [6.07, 6.45) is 2.07. The molecule has 0 saturated carbocycles. The Labute approximate surface area is 98.1 Å². The standard InChI is InChI=1S/C10H13ClN2OS/c11-3-1-8-2-4-13(5-8)10(14)9-6-15-7-12-9/h6-8H,1-5H2. The molecule has 2 rings (SSSR count). The molecule has 0 bridgehead atoms. The van der Waals surface area contributed by atoms with E-state index in [2.05, 4.69) is 4.98 Å². The Kier molecular flexibility index (Phi) is 3.59. The van der Waals surface area contributed by atoms with E-state index in [0.717, 1.165) is 25.9 Å². The number of rotatable bonds is 3. The van der Waals surface area contributed by atoms with Gasteiger partial charge in [0, 0.05) is 24.3 Å². The van der Waals surface area contributed by atoms with Crippen LogP contribution in [0.25, 0.3) is 0 Å². The minimum absolute atomic E-state index is 0.0633. The van der Waals surface area contributed by atoms with Crippen LogP contribution in [0.1, 0.15) is 23.3 Å². The van der Waals surface area contributed by atoms with Crippen LogP contribution in [0.5, 0.6) is 0 Å². The van der Waals surface area contributed by atoms with Crippen molar-refractivity contribution >= 4 is 28.8 Å². The summed E-state index contributed by atoms with van der Waals surface area (Å²) in [6.45, 7) is 1.68. The van der Waals surface area contributed by atoms with Crippen molar-refractivity contribution in [2.24, 2.45) is 5.92 Å². The quantitative estimate of drug-likeness (QED) is 0.764. The molecular formula is C10H13ClN2OS. The number of nitrogens with zero attached hydrogens (tertiary/aromatic N) is 2. The fourth-order valence-corrected chi connectivity index (χ4v) is 2.72. The summed E-state index contributed by atoms with van der Waals surface area (Å²) < 4.78 is 0. The fraction of sp³-hybridized carbons (Fsp3) is 0.600. The van der Waals surface area contributed by atoms with Gasteiger partial charge in [-0.25, -0.2) is 4.98 Å². The Balaban J connectivity index is 1.93. The SMILES string of the molecule is O=C(c1cscn1)N1CCC(CCCl)C1. The molecule has 1 aromatic rings. The van der Waals surface area contributed by atoms with E-state index in [0.29, 0.717) is 17.5 Å². The van der Waals surface area contributed by atoms with E-state index in [-0.39, 0.29) is 5.91 Å². The van der Waals surface area contributed by atoms with E-state index < -0.39 is 0 Å². The highest BCUT2D eigenvalue weighted by Gasteiger charge is 2.27. The average Bonchev–Trinajstić information content (AvgIpc) is 2.87. The zero-order valence-corrected chi connectivity index (χ0v) is 9.93. The molecule has 1 amide bonds. The lowest BCUT2D eigenvalue weighted by Gasteiger charge is -2.14. The Hall–Kier alpha value is -0.610. The third-order valence-corrected chi connectivity index (χ3v) is 3.55. The zero-order valence-electron chi connectivity index (χ0n) is 8.36. The largest absolute Gasteiger partial charge is 0.337 e. The van der Waals surface area contributed by atoms with Gasteiger partial charge in [-0.3, -0.25) is 4.79 Å². The Morgan fingerprint density at radius 3 is 3.27 bits per heavy atom. The van der Waals surface area contributed by atoms with Crippen molar-refractivity contribution in [3.05, 3.63) is 16.6 Å². The maximum Gasteiger partial charge on any atom is 0.273 e. The van der Waals surface area contributed by atoms with Gasteiger partial charge in [0.25, 0.3) is 5.91 Å². The molecule has 5 heteroatoms. The maximum atomic E-state index is 11.9. The summed E-state index contributed by atoms with van der Waals surface area (Å²) in [5.74, 6) is 1.32. The van der Waals surface area contributed by atoms with Crippen LogP contribution in [0.15, 0.2) is 10.9 Å². The molecule has 0 N–H and O–H groups in total. The molecule has 0 aliphatic carbocycles. The Bertz CT molecular complexity index is 328. The molecule has 1 aliphatic heterocycles. The van der Waals surface area contributed by atoms with Crippen molar-refractivity contribution in [1.82, 2.24) is 9.88 Å². The van der Waals surface area contributed by atoms with Gasteiger partial charge in [-0.15, -0.1) is 22.9 Å². The van der Waals surface area contributed by atoms with Gasteiger partial charge in [-0.05, 0) is 18.8 Å². The molecule has 2 heterocycles. The second-order valence-corrected chi connectivity index (χ2v) is 4.85. The monoisotopic (exact) mass is 244 g/mol. The predicted molar refractivity (Wildman–Crippen MR) is 61.5 cm³/mol. The number of amides is 1. The maximum absolute atomic E-state index is 11.9. The first kappa shape index (κ1) is 10.9. The van der Waals surface area contributed by atoms with E-state index in [1.807, 2.05) is 4.90 Å². The molecule has 0 spiro atoms. The number of aromatic nitrogens is 1. The van der Waals surface area contributed by atoms with Gasteiger partial charge < -0.3 is 4.90 Å². The van der Waals surface area contributed by atoms with Gasteiger partial charge in [-0.1, -0.05) is 0 Å². The molecule has 0 radical (unpaired) electrons.